The molecule has 0 saturated carbocycles. The Kier molecular flexibility index (Phi) is 5.31. The van der Waals surface area contributed by atoms with Crippen LogP contribution in [0.2, 0.25) is 0 Å². The summed E-state index contributed by atoms with van der Waals surface area (Å²) in [4.78, 5) is 23.2. The normalized spacial score (nSPS) is 17.3. The Hall–Kier alpha value is -2.44. The molecule has 3 rings (SSSR count). The molecule has 0 radical (unpaired) electrons. The average Bonchev–Trinajstić information content (AvgIpc) is 3.28. The van der Waals surface area contributed by atoms with Crippen LogP contribution < -0.4 is 10.2 Å². The number of hydrogen-bond acceptors (Lipinski definition) is 6. The molecule has 25 heavy (non-hydrogen) atoms. The molecule has 1 aliphatic heterocycles. The summed E-state index contributed by atoms with van der Waals surface area (Å²) >= 11 is 0. The lowest BCUT2D eigenvalue weighted by atomic mass is 10.2. The number of nitrogens with zero attached hydrogens (tertiary/aromatic N) is 4. The summed E-state index contributed by atoms with van der Waals surface area (Å²) in [5, 5.41) is 7.02. The molecule has 1 saturated heterocycles. The van der Waals surface area contributed by atoms with Crippen LogP contribution in [0.5, 0.6) is 0 Å². The number of anilines is 1. The highest BCUT2D eigenvalue weighted by Crippen LogP contribution is 2.34. The lowest BCUT2D eigenvalue weighted by molar-refractivity contribution is 0.0953. The van der Waals surface area contributed by atoms with Gasteiger partial charge < -0.3 is 14.7 Å². The molecular formula is C18H25N5O2. The van der Waals surface area contributed by atoms with Gasteiger partial charge in [0.25, 0.3) is 5.91 Å². The van der Waals surface area contributed by atoms with Crippen LogP contribution in [0.15, 0.2) is 22.9 Å². The van der Waals surface area contributed by atoms with Gasteiger partial charge in [-0.25, -0.2) is 4.98 Å². The molecule has 0 bridgehead atoms. The van der Waals surface area contributed by atoms with Crippen molar-refractivity contribution in [1.82, 2.24) is 20.4 Å². The number of carbonyl (C=O) groups excluding carboxylic acids is 1. The molecule has 1 unspecified atom stereocenters. The minimum Gasteiger partial charge on any atom is -0.352 e. The lowest BCUT2D eigenvalue weighted by Crippen LogP contribution is -2.26. The largest absolute Gasteiger partial charge is 0.352 e. The van der Waals surface area contributed by atoms with Crippen molar-refractivity contribution in [1.29, 1.82) is 0 Å². The Morgan fingerprint density at radius 2 is 2.28 bits per heavy atom. The molecule has 3 heterocycles. The van der Waals surface area contributed by atoms with Crippen LogP contribution in [0.1, 0.15) is 74.1 Å². The summed E-state index contributed by atoms with van der Waals surface area (Å²) in [6.07, 6.45) is 4.56. The van der Waals surface area contributed by atoms with Gasteiger partial charge in [-0.05, 0) is 31.4 Å². The van der Waals surface area contributed by atoms with E-state index in [9.17, 15) is 4.79 Å². The fraction of sp³-hybridized carbons (Fsp3) is 0.556. The van der Waals surface area contributed by atoms with Gasteiger partial charge in [0, 0.05) is 25.2 Å². The lowest BCUT2D eigenvalue weighted by Gasteiger charge is -2.23. The van der Waals surface area contributed by atoms with Crippen molar-refractivity contribution in [3.63, 3.8) is 0 Å². The third-order valence-corrected chi connectivity index (χ3v) is 4.34. The maximum Gasteiger partial charge on any atom is 0.252 e. The zero-order valence-electron chi connectivity index (χ0n) is 15.0. The Balaban J connectivity index is 1.74. The summed E-state index contributed by atoms with van der Waals surface area (Å²) in [5.74, 6) is 2.35. The zero-order chi connectivity index (χ0) is 17.8. The van der Waals surface area contributed by atoms with Gasteiger partial charge in [-0.3, -0.25) is 4.79 Å². The van der Waals surface area contributed by atoms with E-state index in [-0.39, 0.29) is 17.9 Å². The van der Waals surface area contributed by atoms with Crippen LogP contribution in [0.3, 0.4) is 0 Å². The highest BCUT2D eigenvalue weighted by atomic mass is 16.5. The number of amides is 1. The van der Waals surface area contributed by atoms with Gasteiger partial charge in [-0.15, -0.1) is 0 Å². The van der Waals surface area contributed by atoms with Crippen molar-refractivity contribution < 1.29 is 9.32 Å². The summed E-state index contributed by atoms with van der Waals surface area (Å²) in [6.45, 7) is 7.66. The summed E-state index contributed by atoms with van der Waals surface area (Å²) in [7, 11) is 0. The first kappa shape index (κ1) is 17.4. The highest BCUT2D eigenvalue weighted by molar-refractivity contribution is 5.94. The van der Waals surface area contributed by atoms with E-state index in [1.54, 1.807) is 6.20 Å². The SMILES string of the molecule is CCCNC(=O)c1ccc(N2CCCC2c2noc(C(C)C)n2)nc1. The van der Waals surface area contributed by atoms with Gasteiger partial charge in [0.1, 0.15) is 5.82 Å². The standard InChI is InChI=1S/C18H25N5O2/c1-4-9-19-17(24)13-7-8-15(20-11-13)23-10-5-6-14(23)16-21-18(12(2)3)25-22-16/h7-8,11-12,14H,4-6,9-10H2,1-3H3,(H,19,24). The summed E-state index contributed by atoms with van der Waals surface area (Å²) in [5.41, 5.74) is 0.578. The maximum absolute atomic E-state index is 12.0. The topological polar surface area (TPSA) is 84.2 Å². The van der Waals surface area contributed by atoms with Crippen molar-refractivity contribution in [3.05, 3.63) is 35.6 Å². The fourth-order valence-electron chi connectivity index (χ4n) is 2.96. The quantitative estimate of drug-likeness (QED) is 0.868. The van der Waals surface area contributed by atoms with Gasteiger partial charge in [-0.2, -0.15) is 4.98 Å². The minimum absolute atomic E-state index is 0.0727. The number of carbonyl (C=O) groups is 1. The molecule has 0 aromatic carbocycles. The van der Waals surface area contributed by atoms with Crippen LogP contribution in [0, 0.1) is 0 Å². The molecule has 0 spiro atoms. The molecule has 7 heteroatoms. The van der Waals surface area contributed by atoms with E-state index in [2.05, 4.69) is 25.3 Å². The second-order valence-electron chi connectivity index (χ2n) is 6.66. The first-order valence-electron chi connectivity index (χ1n) is 8.94. The summed E-state index contributed by atoms with van der Waals surface area (Å²) < 4.78 is 5.35. The Morgan fingerprint density at radius 3 is 2.92 bits per heavy atom. The molecule has 1 aliphatic rings. The summed E-state index contributed by atoms with van der Waals surface area (Å²) in [6, 6.07) is 3.78. The Labute approximate surface area is 147 Å². The van der Waals surface area contributed by atoms with Crippen molar-refractivity contribution in [2.45, 2.75) is 52.0 Å². The molecule has 2 aromatic heterocycles. The molecule has 1 amide bonds. The van der Waals surface area contributed by atoms with E-state index in [0.717, 1.165) is 31.6 Å². The minimum atomic E-state index is -0.0846. The molecular weight excluding hydrogens is 318 g/mol. The smallest absolute Gasteiger partial charge is 0.252 e. The van der Waals surface area contributed by atoms with Gasteiger partial charge in [0.05, 0.1) is 11.6 Å². The third-order valence-electron chi connectivity index (χ3n) is 4.34. The second kappa shape index (κ2) is 7.63. The first-order chi connectivity index (χ1) is 12.1. The fourth-order valence-corrected chi connectivity index (χ4v) is 2.96. The number of rotatable bonds is 6. The van der Waals surface area contributed by atoms with Crippen LogP contribution in [-0.2, 0) is 0 Å². The van der Waals surface area contributed by atoms with E-state index in [1.165, 1.54) is 0 Å². The average molecular weight is 343 g/mol. The number of pyridine rings is 1. The second-order valence-corrected chi connectivity index (χ2v) is 6.66. The molecule has 2 aromatic rings. The van der Waals surface area contributed by atoms with Crippen LogP contribution in [-0.4, -0.2) is 34.1 Å². The Bertz CT molecular complexity index is 711. The highest BCUT2D eigenvalue weighted by Gasteiger charge is 2.31. The van der Waals surface area contributed by atoms with E-state index >= 15 is 0 Å². The predicted octanol–water partition coefficient (Wildman–Crippen LogP) is 3.07. The maximum atomic E-state index is 12.0. The van der Waals surface area contributed by atoms with Crippen molar-refractivity contribution in [2.24, 2.45) is 0 Å². The Morgan fingerprint density at radius 1 is 1.44 bits per heavy atom. The monoisotopic (exact) mass is 343 g/mol. The van der Waals surface area contributed by atoms with E-state index in [1.807, 2.05) is 32.9 Å². The van der Waals surface area contributed by atoms with Gasteiger partial charge in [0.15, 0.2) is 5.82 Å². The van der Waals surface area contributed by atoms with Crippen molar-refractivity contribution >= 4 is 11.7 Å². The van der Waals surface area contributed by atoms with Crippen LogP contribution in [0.4, 0.5) is 5.82 Å². The molecule has 0 aliphatic carbocycles. The zero-order valence-corrected chi connectivity index (χ0v) is 15.0. The van der Waals surface area contributed by atoms with Gasteiger partial charge in [0.2, 0.25) is 5.89 Å². The van der Waals surface area contributed by atoms with Gasteiger partial charge in [-0.1, -0.05) is 25.9 Å². The van der Waals surface area contributed by atoms with Crippen molar-refractivity contribution in [2.75, 3.05) is 18.0 Å². The van der Waals surface area contributed by atoms with Gasteiger partial charge >= 0.3 is 0 Å². The third kappa shape index (κ3) is 3.81. The van der Waals surface area contributed by atoms with Crippen LogP contribution in [0.25, 0.3) is 0 Å². The molecule has 1 fully saturated rings. The first-order valence-corrected chi connectivity index (χ1v) is 8.94. The van der Waals surface area contributed by atoms with E-state index < -0.39 is 0 Å². The number of aromatic nitrogens is 3. The van der Waals surface area contributed by atoms with Crippen molar-refractivity contribution in [3.8, 4) is 0 Å². The van der Waals surface area contributed by atoms with Crippen LogP contribution >= 0.6 is 0 Å². The van der Waals surface area contributed by atoms with E-state index in [0.29, 0.717) is 23.8 Å². The molecule has 1 N–H and O–H groups in total. The number of nitrogens with one attached hydrogen (secondary N) is 1. The molecule has 134 valence electrons. The molecule has 1 atom stereocenters. The predicted molar refractivity (Wildman–Crippen MR) is 94.6 cm³/mol. The van der Waals surface area contributed by atoms with E-state index in [4.69, 9.17) is 4.52 Å². The number of hydrogen-bond donors (Lipinski definition) is 1. The molecule has 7 nitrogen and oxygen atoms in total.